The Labute approximate surface area is 94.3 Å². The van der Waals surface area contributed by atoms with Crippen molar-refractivity contribution in [1.82, 2.24) is 9.97 Å². The first-order valence-corrected chi connectivity index (χ1v) is 5.12. The van der Waals surface area contributed by atoms with Gasteiger partial charge in [-0.1, -0.05) is 30.3 Å². The first-order valence-electron chi connectivity index (χ1n) is 5.12. The minimum Gasteiger partial charge on any atom is -0.384 e. The standard InChI is InChI=1S/C12H14N4/c13-10(6-9-4-2-1-3-5-9)11-7-12(14)16-8-15-11/h1-5,7-8,10H,6,13H2,(H2,14,15,16)/t10-/m0/s1. The van der Waals surface area contributed by atoms with Gasteiger partial charge in [0.2, 0.25) is 0 Å². The SMILES string of the molecule is Nc1cc([C@@H](N)Cc2ccccc2)ncn1. The summed E-state index contributed by atoms with van der Waals surface area (Å²) in [4.78, 5) is 7.96. The minimum atomic E-state index is -0.146. The molecule has 0 spiro atoms. The minimum absolute atomic E-state index is 0.146. The zero-order valence-electron chi connectivity index (χ0n) is 8.88. The van der Waals surface area contributed by atoms with Gasteiger partial charge in [-0.25, -0.2) is 9.97 Å². The zero-order valence-corrected chi connectivity index (χ0v) is 8.88. The van der Waals surface area contributed by atoms with Gasteiger partial charge >= 0.3 is 0 Å². The van der Waals surface area contributed by atoms with Crippen LogP contribution in [0.15, 0.2) is 42.7 Å². The summed E-state index contributed by atoms with van der Waals surface area (Å²) in [6.45, 7) is 0. The number of nitrogens with two attached hydrogens (primary N) is 2. The maximum atomic E-state index is 6.05. The second-order valence-corrected chi connectivity index (χ2v) is 3.66. The Kier molecular flexibility index (Phi) is 3.12. The fourth-order valence-electron chi connectivity index (χ4n) is 1.56. The topological polar surface area (TPSA) is 77.8 Å². The third kappa shape index (κ3) is 2.55. The van der Waals surface area contributed by atoms with E-state index in [1.165, 1.54) is 11.9 Å². The first-order chi connectivity index (χ1) is 7.75. The zero-order chi connectivity index (χ0) is 11.4. The van der Waals surface area contributed by atoms with Crippen LogP contribution in [-0.4, -0.2) is 9.97 Å². The largest absolute Gasteiger partial charge is 0.384 e. The van der Waals surface area contributed by atoms with Crippen molar-refractivity contribution in [3.63, 3.8) is 0 Å². The molecule has 2 rings (SSSR count). The third-order valence-electron chi connectivity index (χ3n) is 2.39. The Morgan fingerprint density at radius 3 is 2.56 bits per heavy atom. The van der Waals surface area contributed by atoms with Crippen LogP contribution in [0.2, 0.25) is 0 Å². The second-order valence-electron chi connectivity index (χ2n) is 3.66. The van der Waals surface area contributed by atoms with Crippen molar-refractivity contribution in [3.8, 4) is 0 Å². The molecule has 4 nitrogen and oxygen atoms in total. The van der Waals surface area contributed by atoms with E-state index in [9.17, 15) is 0 Å². The van der Waals surface area contributed by atoms with Crippen LogP contribution in [0, 0.1) is 0 Å². The van der Waals surface area contributed by atoms with Crippen molar-refractivity contribution in [3.05, 3.63) is 54.0 Å². The van der Waals surface area contributed by atoms with E-state index in [4.69, 9.17) is 11.5 Å². The molecule has 0 fully saturated rings. The molecular weight excluding hydrogens is 200 g/mol. The van der Waals surface area contributed by atoms with E-state index in [0.717, 1.165) is 12.1 Å². The predicted octanol–water partition coefficient (Wildman–Crippen LogP) is 1.30. The summed E-state index contributed by atoms with van der Waals surface area (Å²) in [6, 6.07) is 11.6. The van der Waals surface area contributed by atoms with E-state index in [-0.39, 0.29) is 6.04 Å². The number of aromatic nitrogens is 2. The van der Waals surface area contributed by atoms with Crippen LogP contribution in [-0.2, 0) is 6.42 Å². The predicted molar refractivity (Wildman–Crippen MR) is 63.5 cm³/mol. The summed E-state index contributed by atoms with van der Waals surface area (Å²) in [6.07, 6.45) is 2.19. The van der Waals surface area contributed by atoms with E-state index < -0.39 is 0 Å². The maximum Gasteiger partial charge on any atom is 0.127 e. The van der Waals surface area contributed by atoms with Crippen LogP contribution in [0.1, 0.15) is 17.3 Å². The van der Waals surface area contributed by atoms with Gasteiger partial charge in [0.1, 0.15) is 12.1 Å². The fraction of sp³-hybridized carbons (Fsp3) is 0.167. The number of nitrogens with zero attached hydrogens (tertiary/aromatic N) is 2. The molecule has 1 atom stereocenters. The molecule has 0 bridgehead atoms. The van der Waals surface area contributed by atoms with Gasteiger partial charge in [-0.3, -0.25) is 0 Å². The Bertz CT molecular complexity index is 456. The molecule has 16 heavy (non-hydrogen) atoms. The quantitative estimate of drug-likeness (QED) is 0.807. The highest BCUT2D eigenvalue weighted by molar-refractivity contribution is 5.30. The van der Waals surface area contributed by atoms with Crippen molar-refractivity contribution < 1.29 is 0 Å². The van der Waals surface area contributed by atoms with E-state index in [2.05, 4.69) is 9.97 Å². The van der Waals surface area contributed by atoms with Crippen molar-refractivity contribution in [2.45, 2.75) is 12.5 Å². The number of rotatable bonds is 3. The Morgan fingerprint density at radius 2 is 1.88 bits per heavy atom. The molecule has 1 heterocycles. The van der Waals surface area contributed by atoms with Gasteiger partial charge in [0.15, 0.2) is 0 Å². The van der Waals surface area contributed by atoms with Crippen LogP contribution in [0.4, 0.5) is 5.82 Å². The molecule has 1 aromatic heterocycles. The molecule has 0 radical (unpaired) electrons. The molecule has 0 aliphatic carbocycles. The van der Waals surface area contributed by atoms with Crippen LogP contribution >= 0.6 is 0 Å². The van der Waals surface area contributed by atoms with Crippen molar-refractivity contribution in [2.24, 2.45) is 5.73 Å². The van der Waals surface area contributed by atoms with Crippen molar-refractivity contribution in [2.75, 3.05) is 5.73 Å². The van der Waals surface area contributed by atoms with E-state index >= 15 is 0 Å². The number of nitrogen functional groups attached to an aromatic ring is 1. The van der Waals surface area contributed by atoms with Crippen LogP contribution in [0.25, 0.3) is 0 Å². The monoisotopic (exact) mass is 214 g/mol. The lowest BCUT2D eigenvalue weighted by Crippen LogP contribution is -2.15. The molecule has 0 aliphatic heterocycles. The Balaban J connectivity index is 2.12. The smallest absolute Gasteiger partial charge is 0.127 e. The average Bonchev–Trinajstić information content (AvgIpc) is 2.30. The highest BCUT2D eigenvalue weighted by Crippen LogP contribution is 2.14. The van der Waals surface area contributed by atoms with Gasteiger partial charge < -0.3 is 11.5 Å². The fourth-order valence-corrected chi connectivity index (χ4v) is 1.56. The van der Waals surface area contributed by atoms with Gasteiger partial charge in [-0.2, -0.15) is 0 Å². The molecule has 2 aromatic rings. The van der Waals surface area contributed by atoms with E-state index in [1.807, 2.05) is 30.3 Å². The van der Waals surface area contributed by atoms with Gasteiger partial charge in [-0.05, 0) is 12.0 Å². The molecule has 4 N–H and O–H groups in total. The summed E-state index contributed by atoms with van der Waals surface area (Å²) in [5, 5.41) is 0. The third-order valence-corrected chi connectivity index (χ3v) is 2.39. The van der Waals surface area contributed by atoms with E-state index in [1.54, 1.807) is 6.07 Å². The lowest BCUT2D eigenvalue weighted by molar-refractivity contribution is 0.693. The van der Waals surface area contributed by atoms with Crippen LogP contribution in [0.3, 0.4) is 0 Å². The summed E-state index contributed by atoms with van der Waals surface area (Å²) in [5.41, 5.74) is 13.6. The molecule has 0 saturated heterocycles. The first kappa shape index (κ1) is 10.6. The molecule has 4 heteroatoms. The van der Waals surface area contributed by atoms with Gasteiger partial charge in [-0.15, -0.1) is 0 Å². The maximum absolute atomic E-state index is 6.05. The normalized spacial score (nSPS) is 12.3. The number of benzene rings is 1. The summed E-state index contributed by atoms with van der Waals surface area (Å²) < 4.78 is 0. The van der Waals surface area contributed by atoms with Gasteiger partial charge in [0.25, 0.3) is 0 Å². The van der Waals surface area contributed by atoms with Gasteiger partial charge in [0.05, 0.1) is 11.7 Å². The molecule has 0 unspecified atom stereocenters. The molecule has 1 aromatic carbocycles. The number of hydrogen-bond acceptors (Lipinski definition) is 4. The second kappa shape index (κ2) is 4.72. The van der Waals surface area contributed by atoms with Crippen LogP contribution < -0.4 is 11.5 Å². The lowest BCUT2D eigenvalue weighted by Gasteiger charge is -2.10. The molecular formula is C12H14N4. The summed E-state index contributed by atoms with van der Waals surface area (Å²) >= 11 is 0. The lowest BCUT2D eigenvalue weighted by atomic mass is 10.0. The van der Waals surface area contributed by atoms with Crippen molar-refractivity contribution >= 4 is 5.82 Å². The molecule has 82 valence electrons. The average molecular weight is 214 g/mol. The Hall–Kier alpha value is -1.94. The molecule has 0 saturated carbocycles. The van der Waals surface area contributed by atoms with E-state index in [0.29, 0.717) is 5.82 Å². The highest BCUT2D eigenvalue weighted by Gasteiger charge is 2.08. The summed E-state index contributed by atoms with van der Waals surface area (Å²) in [7, 11) is 0. The number of hydrogen-bond donors (Lipinski definition) is 2. The summed E-state index contributed by atoms with van der Waals surface area (Å²) in [5.74, 6) is 0.452. The highest BCUT2D eigenvalue weighted by atomic mass is 14.9. The molecule has 0 aliphatic rings. The van der Waals surface area contributed by atoms with Crippen LogP contribution in [0.5, 0.6) is 0 Å². The van der Waals surface area contributed by atoms with Crippen molar-refractivity contribution in [1.29, 1.82) is 0 Å². The Morgan fingerprint density at radius 1 is 1.12 bits per heavy atom. The van der Waals surface area contributed by atoms with Gasteiger partial charge in [0, 0.05) is 6.07 Å². The molecule has 0 amide bonds. The number of anilines is 1.